The Kier molecular flexibility index (Phi) is 56.6. The van der Waals surface area contributed by atoms with E-state index in [1.165, 1.54) is 167 Å². The van der Waals surface area contributed by atoms with Crippen molar-refractivity contribution in [3.63, 3.8) is 0 Å². The number of carbonyl (C=O) groups is 2. The maximum Gasteiger partial charge on any atom is 2.00 e. The zero-order valence-electron chi connectivity index (χ0n) is 29.3. The molecule has 0 aliphatic carbocycles. The van der Waals surface area contributed by atoms with Crippen molar-refractivity contribution < 1.29 is 28.7 Å². The second-order valence-corrected chi connectivity index (χ2v) is 12.4. The first kappa shape index (κ1) is 50.4. The van der Waals surface area contributed by atoms with Crippen molar-refractivity contribution >= 4 is 44.3 Å². The molecule has 8 heteroatoms. The largest absolute Gasteiger partial charge is 2.00 e. The minimum Gasteiger partial charge on any atom is -0.550 e. The van der Waals surface area contributed by atoms with Gasteiger partial charge >= 0.3 is 32.3 Å². The van der Waals surface area contributed by atoms with Crippen molar-refractivity contribution in [3.8, 4) is 0 Å². The van der Waals surface area contributed by atoms with Gasteiger partial charge in [0.1, 0.15) is 0 Å². The van der Waals surface area contributed by atoms with Crippen molar-refractivity contribution in [2.24, 2.45) is 0 Å². The van der Waals surface area contributed by atoms with E-state index in [1.807, 2.05) is 0 Å². The summed E-state index contributed by atoms with van der Waals surface area (Å²) < 4.78 is 16.8. The number of carboxylic acids is 2. The molecule has 0 atom stereocenters. The van der Waals surface area contributed by atoms with Crippen molar-refractivity contribution in [1.82, 2.24) is 0 Å². The third-order valence-corrected chi connectivity index (χ3v) is 7.97. The quantitative estimate of drug-likeness (QED) is 0.0530. The number of hydrogen-bond acceptors (Lipinski definition) is 6. The maximum absolute atomic E-state index is 10.2. The Labute approximate surface area is 291 Å². The molecule has 0 amide bonds. The zero-order valence-corrected chi connectivity index (χ0v) is 31.7. The van der Waals surface area contributed by atoms with E-state index in [0.717, 1.165) is 25.7 Å². The standard InChI is InChI=1S/2C18H36O2.Mg.O2Si/c2*1-2-3-4-5-6-7-8-9-10-11-12-13-14-15-16-17-18(19)20;;1-3-2/h2*2-17H2,1H3,(H,19,20);;/q;;+2;/p-2. The van der Waals surface area contributed by atoms with Crippen LogP contribution in [0.2, 0.25) is 0 Å². The van der Waals surface area contributed by atoms with Crippen LogP contribution in [-0.4, -0.2) is 44.3 Å². The van der Waals surface area contributed by atoms with Crippen molar-refractivity contribution in [2.75, 3.05) is 0 Å². The van der Waals surface area contributed by atoms with E-state index in [2.05, 4.69) is 13.8 Å². The third kappa shape index (κ3) is 60.7. The SMILES string of the molecule is CCCCCCCCCCCCCCCCCC(=O)[O-].CCCCCCCCCCCCCCCCCC(=O)[O-].O=[Si]=O.[Mg+2]. The Morgan fingerprint density at radius 2 is 0.500 bits per heavy atom. The average molecular weight is 651 g/mol. The smallest absolute Gasteiger partial charge is 0.550 e. The van der Waals surface area contributed by atoms with Gasteiger partial charge in [0, 0.05) is 11.9 Å². The molecule has 0 radical (unpaired) electrons. The van der Waals surface area contributed by atoms with Crippen LogP contribution in [0.4, 0.5) is 0 Å². The Hall–Kier alpha value is -0.477. The fourth-order valence-corrected chi connectivity index (χ4v) is 5.28. The van der Waals surface area contributed by atoms with E-state index < -0.39 is 21.2 Å². The van der Waals surface area contributed by atoms with Gasteiger partial charge in [0.15, 0.2) is 0 Å². The third-order valence-electron chi connectivity index (χ3n) is 7.97. The van der Waals surface area contributed by atoms with Gasteiger partial charge in [-0.15, -0.1) is 0 Å². The first-order valence-corrected chi connectivity index (χ1v) is 19.2. The molecule has 0 aromatic heterocycles. The first-order chi connectivity index (χ1) is 21.0. The number of hydrogen-bond donors (Lipinski definition) is 0. The molecule has 0 spiro atoms. The normalized spacial score (nSPS) is 10.0. The van der Waals surface area contributed by atoms with Gasteiger partial charge in [-0.1, -0.05) is 194 Å². The molecule has 0 aromatic carbocycles. The molecule has 44 heavy (non-hydrogen) atoms. The topological polar surface area (TPSA) is 114 Å². The molecule has 0 unspecified atom stereocenters. The summed E-state index contributed by atoms with van der Waals surface area (Å²) in [6.07, 6.45) is 39.7. The summed E-state index contributed by atoms with van der Waals surface area (Å²) in [6, 6.07) is 0. The van der Waals surface area contributed by atoms with E-state index in [4.69, 9.17) is 8.92 Å². The van der Waals surface area contributed by atoms with Crippen molar-refractivity contribution in [2.45, 2.75) is 219 Å². The van der Waals surface area contributed by atoms with Crippen LogP contribution in [0.3, 0.4) is 0 Å². The second kappa shape index (κ2) is 49.4. The van der Waals surface area contributed by atoms with Crippen LogP contribution < -0.4 is 10.2 Å². The average Bonchev–Trinajstić information content (AvgIpc) is 2.97. The van der Waals surface area contributed by atoms with Gasteiger partial charge in [-0.2, -0.15) is 0 Å². The fourth-order valence-electron chi connectivity index (χ4n) is 5.28. The fraction of sp³-hybridized carbons (Fsp3) is 0.944. The Morgan fingerprint density at radius 3 is 0.636 bits per heavy atom. The van der Waals surface area contributed by atoms with Crippen molar-refractivity contribution in [1.29, 1.82) is 0 Å². The Balaban J connectivity index is -0.000000326. The van der Waals surface area contributed by atoms with Gasteiger partial charge in [0.2, 0.25) is 0 Å². The number of unbranched alkanes of at least 4 members (excludes halogenated alkanes) is 28. The van der Waals surface area contributed by atoms with Crippen LogP contribution in [-0.2, 0) is 18.5 Å². The van der Waals surface area contributed by atoms with E-state index in [0.29, 0.717) is 0 Å². The van der Waals surface area contributed by atoms with Gasteiger partial charge in [-0.3, -0.25) is 8.92 Å². The van der Waals surface area contributed by atoms with Crippen LogP contribution in [0, 0.1) is 0 Å². The van der Waals surface area contributed by atoms with E-state index >= 15 is 0 Å². The molecular weight excluding hydrogens is 581 g/mol. The molecule has 0 heterocycles. The summed E-state index contributed by atoms with van der Waals surface area (Å²) >= 11 is 0. The van der Waals surface area contributed by atoms with E-state index in [9.17, 15) is 19.8 Å². The summed E-state index contributed by atoms with van der Waals surface area (Å²) in [4.78, 5) is 20.4. The van der Waals surface area contributed by atoms with Crippen LogP contribution in [0.1, 0.15) is 219 Å². The van der Waals surface area contributed by atoms with E-state index in [1.54, 1.807) is 0 Å². The Bertz CT molecular complexity index is 541. The number of aliphatic carboxylic acids is 2. The molecule has 0 aliphatic rings. The Morgan fingerprint density at radius 1 is 0.364 bits per heavy atom. The minimum absolute atomic E-state index is 0. The minimum atomic E-state index is -1.42. The molecule has 0 saturated carbocycles. The van der Waals surface area contributed by atoms with Gasteiger partial charge in [-0.05, 0) is 25.7 Å². The van der Waals surface area contributed by atoms with Gasteiger partial charge in [0.05, 0.1) is 0 Å². The summed E-state index contributed by atoms with van der Waals surface area (Å²) in [6.45, 7) is 4.53. The number of carbonyl (C=O) groups excluding carboxylic acids is 2. The molecule has 0 saturated heterocycles. The van der Waals surface area contributed by atoms with Crippen molar-refractivity contribution in [3.05, 3.63) is 0 Å². The second-order valence-electron chi connectivity index (χ2n) is 12.2. The molecule has 6 nitrogen and oxygen atoms in total. The molecule has 256 valence electrons. The summed E-state index contributed by atoms with van der Waals surface area (Å²) in [5, 5.41) is 20.4. The predicted octanol–water partition coefficient (Wildman–Crippen LogP) is 9.00. The van der Waals surface area contributed by atoms with Crippen LogP contribution in [0.15, 0.2) is 0 Å². The number of carboxylic acid groups (broad SMARTS) is 2. The molecule has 0 aromatic rings. The zero-order chi connectivity index (χ0) is 32.5. The monoisotopic (exact) mass is 650 g/mol. The number of rotatable bonds is 32. The van der Waals surface area contributed by atoms with Crippen LogP contribution >= 0.6 is 0 Å². The molecular formula is C36H70MgO6Si. The molecule has 0 fully saturated rings. The van der Waals surface area contributed by atoms with Crippen LogP contribution in [0.25, 0.3) is 0 Å². The summed E-state index contributed by atoms with van der Waals surface area (Å²) in [7, 11) is -1.42. The summed E-state index contributed by atoms with van der Waals surface area (Å²) in [5.41, 5.74) is 0. The summed E-state index contributed by atoms with van der Waals surface area (Å²) in [5.74, 6) is -1.81. The molecule has 0 aliphatic heterocycles. The van der Waals surface area contributed by atoms with Gasteiger partial charge < -0.3 is 19.8 Å². The van der Waals surface area contributed by atoms with Gasteiger partial charge in [0.25, 0.3) is 0 Å². The molecule has 0 bridgehead atoms. The van der Waals surface area contributed by atoms with Gasteiger partial charge in [-0.25, -0.2) is 0 Å². The van der Waals surface area contributed by atoms with E-state index in [-0.39, 0.29) is 35.9 Å². The maximum atomic E-state index is 10.2. The molecule has 0 rings (SSSR count). The first-order valence-electron chi connectivity index (χ1n) is 18.3. The van der Waals surface area contributed by atoms with Crippen LogP contribution in [0.5, 0.6) is 0 Å². The predicted molar refractivity (Wildman–Crippen MR) is 182 cm³/mol. The molecule has 0 N–H and O–H groups in total.